The average molecular weight is 388 g/mol. The quantitative estimate of drug-likeness (QED) is 0.771. The Bertz CT molecular complexity index is 740. The molecule has 1 fully saturated rings. The summed E-state index contributed by atoms with van der Waals surface area (Å²) in [4.78, 5) is 20.3. The summed E-state index contributed by atoms with van der Waals surface area (Å²) in [6, 6.07) is 12.0. The second-order valence-electron chi connectivity index (χ2n) is 7.62. The van der Waals surface area contributed by atoms with Gasteiger partial charge in [-0.1, -0.05) is 30.7 Å². The molecule has 1 aliphatic rings. The third-order valence-corrected chi connectivity index (χ3v) is 5.72. The third-order valence-electron chi connectivity index (χ3n) is 5.47. The standard InChI is InChI=1S/C22H30ClN3O/c1-3-20-10-11-21(24-20)22(27)25(2)15-18-5-4-13-26(16-18)14-12-17-6-8-19(23)9-7-17/h6-11,18,24H,3-5,12-16H2,1-2H3/t18-/m0/s1. The van der Waals surface area contributed by atoms with Crippen molar-refractivity contribution in [2.24, 2.45) is 5.92 Å². The molecule has 5 heteroatoms. The van der Waals surface area contributed by atoms with E-state index in [2.05, 4.69) is 28.9 Å². The number of nitrogens with one attached hydrogen (secondary N) is 1. The van der Waals surface area contributed by atoms with Crippen LogP contribution < -0.4 is 0 Å². The zero-order valence-electron chi connectivity index (χ0n) is 16.4. The number of likely N-dealkylation sites (tertiary alicyclic amines) is 1. The number of amides is 1. The van der Waals surface area contributed by atoms with Gasteiger partial charge in [0, 0.05) is 37.4 Å². The molecule has 1 aromatic heterocycles. The first kappa shape index (κ1) is 20.0. The van der Waals surface area contributed by atoms with Gasteiger partial charge in [0.05, 0.1) is 0 Å². The molecule has 1 N–H and O–H groups in total. The highest BCUT2D eigenvalue weighted by molar-refractivity contribution is 6.30. The fraction of sp³-hybridized carbons (Fsp3) is 0.500. The Morgan fingerprint density at radius 1 is 1.26 bits per heavy atom. The largest absolute Gasteiger partial charge is 0.354 e. The second kappa shape index (κ2) is 9.43. The number of piperidine rings is 1. The van der Waals surface area contributed by atoms with Crippen LogP contribution in [-0.4, -0.2) is 53.9 Å². The molecule has 0 saturated carbocycles. The molecule has 2 aromatic rings. The Labute approximate surface area is 167 Å². The van der Waals surface area contributed by atoms with E-state index >= 15 is 0 Å². The van der Waals surface area contributed by atoms with Crippen LogP contribution in [0.5, 0.6) is 0 Å². The number of hydrogen-bond acceptors (Lipinski definition) is 2. The lowest BCUT2D eigenvalue weighted by atomic mass is 9.97. The maximum absolute atomic E-state index is 12.6. The maximum Gasteiger partial charge on any atom is 0.270 e. The van der Waals surface area contributed by atoms with Gasteiger partial charge in [-0.05, 0) is 68.0 Å². The molecule has 0 unspecified atom stereocenters. The second-order valence-corrected chi connectivity index (χ2v) is 8.06. The molecule has 4 nitrogen and oxygen atoms in total. The van der Waals surface area contributed by atoms with E-state index in [1.165, 1.54) is 18.4 Å². The number of halogens is 1. The van der Waals surface area contributed by atoms with Crippen molar-refractivity contribution in [2.75, 3.05) is 33.2 Å². The molecule has 1 atom stereocenters. The van der Waals surface area contributed by atoms with E-state index in [0.29, 0.717) is 11.6 Å². The van der Waals surface area contributed by atoms with E-state index < -0.39 is 0 Å². The van der Waals surface area contributed by atoms with Crippen LogP contribution in [0.3, 0.4) is 0 Å². The third kappa shape index (κ3) is 5.60. The summed E-state index contributed by atoms with van der Waals surface area (Å²) in [6.07, 6.45) is 4.36. The molecule has 0 aliphatic carbocycles. The summed E-state index contributed by atoms with van der Waals surface area (Å²) in [6.45, 7) is 6.18. The Balaban J connectivity index is 1.48. The van der Waals surface area contributed by atoms with Crippen molar-refractivity contribution in [3.8, 4) is 0 Å². The Hall–Kier alpha value is -1.78. The summed E-state index contributed by atoms with van der Waals surface area (Å²) < 4.78 is 0. The predicted octanol–water partition coefficient (Wildman–Crippen LogP) is 4.26. The van der Waals surface area contributed by atoms with Crippen molar-refractivity contribution in [3.63, 3.8) is 0 Å². The van der Waals surface area contributed by atoms with Crippen LogP contribution in [0.15, 0.2) is 36.4 Å². The van der Waals surface area contributed by atoms with Crippen LogP contribution in [-0.2, 0) is 12.8 Å². The number of hydrogen-bond donors (Lipinski definition) is 1. The summed E-state index contributed by atoms with van der Waals surface area (Å²) >= 11 is 5.96. The number of H-pyrrole nitrogens is 1. The van der Waals surface area contributed by atoms with Crippen molar-refractivity contribution < 1.29 is 4.79 Å². The lowest BCUT2D eigenvalue weighted by Gasteiger charge is -2.34. The number of carbonyl (C=O) groups is 1. The molecule has 3 rings (SSSR count). The minimum Gasteiger partial charge on any atom is -0.354 e. The molecule has 0 spiro atoms. The molecular weight excluding hydrogens is 358 g/mol. The van der Waals surface area contributed by atoms with Gasteiger partial charge in [-0.2, -0.15) is 0 Å². The highest BCUT2D eigenvalue weighted by Gasteiger charge is 2.23. The highest BCUT2D eigenvalue weighted by Crippen LogP contribution is 2.19. The van der Waals surface area contributed by atoms with E-state index in [1.54, 1.807) is 0 Å². The summed E-state index contributed by atoms with van der Waals surface area (Å²) in [5, 5.41) is 0.789. The van der Waals surface area contributed by atoms with Gasteiger partial charge in [0.2, 0.25) is 0 Å². The van der Waals surface area contributed by atoms with Gasteiger partial charge in [-0.3, -0.25) is 4.79 Å². The lowest BCUT2D eigenvalue weighted by molar-refractivity contribution is 0.0725. The number of aryl methyl sites for hydroxylation is 1. The summed E-state index contributed by atoms with van der Waals surface area (Å²) in [5.74, 6) is 0.631. The predicted molar refractivity (Wildman–Crippen MR) is 111 cm³/mol. The van der Waals surface area contributed by atoms with Crippen LogP contribution in [0.25, 0.3) is 0 Å². The van der Waals surface area contributed by atoms with E-state index in [0.717, 1.165) is 49.7 Å². The molecule has 1 saturated heterocycles. The zero-order valence-corrected chi connectivity index (χ0v) is 17.1. The highest BCUT2D eigenvalue weighted by atomic mass is 35.5. The number of aromatic nitrogens is 1. The molecule has 0 radical (unpaired) electrons. The van der Waals surface area contributed by atoms with Crippen molar-refractivity contribution in [2.45, 2.75) is 32.6 Å². The molecule has 0 bridgehead atoms. The minimum atomic E-state index is 0.0907. The molecule has 1 aromatic carbocycles. The minimum absolute atomic E-state index is 0.0907. The van der Waals surface area contributed by atoms with Gasteiger partial charge in [0.15, 0.2) is 0 Å². The topological polar surface area (TPSA) is 39.3 Å². The SMILES string of the molecule is CCc1ccc(C(=O)N(C)C[C@@H]2CCCN(CCc3ccc(Cl)cc3)C2)[nH]1. The molecule has 2 heterocycles. The molecule has 27 heavy (non-hydrogen) atoms. The van der Waals surface area contributed by atoms with Gasteiger partial charge in [0.1, 0.15) is 5.69 Å². The molecule has 1 aliphatic heterocycles. The summed E-state index contributed by atoms with van der Waals surface area (Å²) in [7, 11) is 1.92. The van der Waals surface area contributed by atoms with Crippen molar-refractivity contribution in [1.82, 2.24) is 14.8 Å². The van der Waals surface area contributed by atoms with Gasteiger partial charge < -0.3 is 14.8 Å². The van der Waals surface area contributed by atoms with E-state index in [4.69, 9.17) is 11.6 Å². The van der Waals surface area contributed by atoms with Gasteiger partial charge in [-0.25, -0.2) is 0 Å². The van der Waals surface area contributed by atoms with Crippen molar-refractivity contribution >= 4 is 17.5 Å². The van der Waals surface area contributed by atoms with Crippen LogP contribution in [0.2, 0.25) is 5.02 Å². The zero-order chi connectivity index (χ0) is 19.2. The normalized spacial score (nSPS) is 17.8. The molecule has 146 valence electrons. The first-order valence-corrected chi connectivity index (χ1v) is 10.3. The van der Waals surface area contributed by atoms with Crippen LogP contribution in [0.1, 0.15) is 41.5 Å². The van der Waals surface area contributed by atoms with Crippen LogP contribution >= 0.6 is 11.6 Å². The number of nitrogens with zero attached hydrogens (tertiary/aromatic N) is 2. The number of benzene rings is 1. The fourth-order valence-electron chi connectivity index (χ4n) is 3.89. The van der Waals surface area contributed by atoms with Crippen LogP contribution in [0.4, 0.5) is 0 Å². The van der Waals surface area contributed by atoms with Crippen molar-refractivity contribution in [3.05, 3.63) is 58.4 Å². The van der Waals surface area contributed by atoms with Gasteiger partial charge in [0.25, 0.3) is 5.91 Å². The van der Waals surface area contributed by atoms with Gasteiger partial charge >= 0.3 is 0 Å². The van der Waals surface area contributed by atoms with E-state index in [9.17, 15) is 4.79 Å². The van der Waals surface area contributed by atoms with E-state index in [-0.39, 0.29) is 5.91 Å². The van der Waals surface area contributed by atoms with Crippen LogP contribution in [0, 0.1) is 5.92 Å². The first-order chi connectivity index (χ1) is 13.0. The Morgan fingerprint density at radius 3 is 2.74 bits per heavy atom. The molecular formula is C22H30ClN3O. The monoisotopic (exact) mass is 387 g/mol. The molecule has 1 amide bonds. The van der Waals surface area contributed by atoms with Crippen molar-refractivity contribution in [1.29, 1.82) is 0 Å². The Morgan fingerprint density at radius 2 is 2.04 bits per heavy atom. The van der Waals surface area contributed by atoms with Gasteiger partial charge in [-0.15, -0.1) is 0 Å². The maximum atomic E-state index is 12.6. The fourth-order valence-corrected chi connectivity index (χ4v) is 4.01. The smallest absolute Gasteiger partial charge is 0.270 e. The first-order valence-electron chi connectivity index (χ1n) is 9.95. The average Bonchev–Trinajstić information content (AvgIpc) is 3.16. The summed E-state index contributed by atoms with van der Waals surface area (Å²) in [5.41, 5.74) is 3.13. The lowest BCUT2D eigenvalue weighted by Crippen LogP contribution is -2.42. The van der Waals surface area contributed by atoms with E-state index in [1.807, 2.05) is 36.2 Å². The Kier molecular flexibility index (Phi) is 6.97. The number of carbonyl (C=O) groups excluding carboxylic acids is 1. The number of rotatable bonds is 7. The number of aromatic amines is 1.